The maximum absolute atomic E-state index is 11.4. The van der Waals surface area contributed by atoms with E-state index in [4.69, 9.17) is 9.97 Å². The molecular formula is C31H26N4O2S. The first-order chi connectivity index (χ1) is 18.6. The van der Waals surface area contributed by atoms with Crippen molar-refractivity contribution in [2.24, 2.45) is 0 Å². The van der Waals surface area contributed by atoms with E-state index in [1.165, 1.54) is 5.56 Å². The number of aromatic nitrogens is 3. The molecule has 1 aliphatic carbocycles. The third kappa shape index (κ3) is 4.85. The van der Waals surface area contributed by atoms with E-state index in [-0.39, 0.29) is 0 Å². The molecule has 188 valence electrons. The van der Waals surface area contributed by atoms with Crippen LogP contribution in [0.1, 0.15) is 30.4 Å². The third-order valence-corrected chi connectivity index (χ3v) is 8.04. The SMILES string of the molecule is O=C(O)NC1(c2ccc(-c3nc4nc(SCc5ccccc5)ncc4cc3-c3ccccc3)cc2)CCC1. The zero-order valence-electron chi connectivity index (χ0n) is 20.7. The average Bonchev–Trinajstić information content (AvgIpc) is 2.94. The Morgan fingerprint density at radius 1 is 0.895 bits per heavy atom. The highest BCUT2D eigenvalue weighted by atomic mass is 32.2. The topological polar surface area (TPSA) is 88.0 Å². The van der Waals surface area contributed by atoms with E-state index in [0.717, 1.165) is 58.3 Å². The Balaban J connectivity index is 1.38. The number of pyridine rings is 1. The zero-order chi connectivity index (χ0) is 26.0. The Labute approximate surface area is 225 Å². The summed E-state index contributed by atoms with van der Waals surface area (Å²) in [5.74, 6) is 0.787. The smallest absolute Gasteiger partial charge is 0.405 e. The Hall–Kier alpha value is -4.23. The number of nitrogens with zero attached hydrogens (tertiary/aromatic N) is 3. The van der Waals surface area contributed by atoms with Crippen LogP contribution in [-0.2, 0) is 11.3 Å². The van der Waals surface area contributed by atoms with Gasteiger partial charge < -0.3 is 10.4 Å². The minimum Gasteiger partial charge on any atom is -0.465 e. The van der Waals surface area contributed by atoms with Gasteiger partial charge >= 0.3 is 6.09 Å². The highest BCUT2D eigenvalue weighted by Crippen LogP contribution is 2.42. The van der Waals surface area contributed by atoms with Crippen LogP contribution in [0.5, 0.6) is 0 Å². The zero-order valence-corrected chi connectivity index (χ0v) is 21.5. The number of benzene rings is 3. The molecule has 38 heavy (non-hydrogen) atoms. The molecule has 0 atom stereocenters. The first kappa shape index (κ1) is 24.1. The van der Waals surface area contributed by atoms with Crippen LogP contribution >= 0.6 is 11.8 Å². The van der Waals surface area contributed by atoms with Crippen molar-refractivity contribution in [2.45, 2.75) is 35.7 Å². The van der Waals surface area contributed by atoms with E-state index in [1.807, 2.05) is 66.9 Å². The molecule has 1 amide bonds. The Morgan fingerprint density at radius 2 is 1.61 bits per heavy atom. The van der Waals surface area contributed by atoms with Crippen molar-refractivity contribution in [1.29, 1.82) is 0 Å². The van der Waals surface area contributed by atoms with E-state index in [1.54, 1.807) is 11.8 Å². The summed E-state index contributed by atoms with van der Waals surface area (Å²) < 4.78 is 0. The maximum Gasteiger partial charge on any atom is 0.405 e. The van der Waals surface area contributed by atoms with E-state index in [0.29, 0.717) is 10.8 Å². The van der Waals surface area contributed by atoms with Gasteiger partial charge in [0.2, 0.25) is 0 Å². The number of fused-ring (bicyclic) bond motifs is 1. The number of thioether (sulfide) groups is 1. The largest absolute Gasteiger partial charge is 0.465 e. The molecule has 5 aromatic rings. The first-order valence-electron chi connectivity index (χ1n) is 12.6. The molecule has 7 heteroatoms. The van der Waals surface area contributed by atoms with E-state index < -0.39 is 11.6 Å². The average molecular weight is 519 g/mol. The van der Waals surface area contributed by atoms with Crippen molar-refractivity contribution >= 4 is 28.9 Å². The van der Waals surface area contributed by atoms with E-state index in [2.05, 4.69) is 40.6 Å². The molecule has 3 aromatic carbocycles. The summed E-state index contributed by atoms with van der Waals surface area (Å²) in [5, 5.41) is 13.7. The van der Waals surface area contributed by atoms with Crippen LogP contribution in [0, 0.1) is 0 Å². The molecule has 0 saturated heterocycles. The minimum atomic E-state index is -0.989. The van der Waals surface area contributed by atoms with Crippen molar-refractivity contribution in [3.8, 4) is 22.4 Å². The predicted octanol–water partition coefficient (Wildman–Crippen LogP) is 7.30. The second kappa shape index (κ2) is 10.3. The molecule has 1 saturated carbocycles. The second-order valence-electron chi connectivity index (χ2n) is 9.53. The Morgan fingerprint density at radius 3 is 2.26 bits per heavy atom. The summed E-state index contributed by atoms with van der Waals surface area (Å²) >= 11 is 1.59. The summed E-state index contributed by atoms with van der Waals surface area (Å²) in [5.41, 5.74) is 6.21. The number of carboxylic acid groups (broad SMARTS) is 1. The highest BCUT2D eigenvalue weighted by Gasteiger charge is 2.40. The van der Waals surface area contributed by atoms with Gasteiger partial charge in [-0.2, -0.15) is 0 Å². The van der Waals surface area contributed by atoms with E-state index in [9.17, 15) is 9.90 Å². The molecule has 0 spiro atoms. The monoisotopic (exact) mass is 518 g/mol. The summed E-state index contributed by atoms with van der Waals surface area (Å²) in [6.45, 7) is 0. The molecule has 1 aliphatic rings. The summed E-state index contributed by atoms with van der Waals surface area (Å²) in [6.07, 6.45) is 3.48. The Bertz CT molecular complexity index is 1590. The van der Waals surface area contributed by atoms with Crippen LogP contribution in [0.25, 0.3) is 33.4 Å². The highest BCUT2D eigenvalue weighted by molar-refractivity contribution is 7.98. The van der Waals surface area contributed by atoms with Gasteiger partial charge in [-0.25, -0.2) is 19.7 Å². The second-order valence-corrected chi connectivity index (χ2v) is 10.5. The minimum absolute atomic E-state index is 0.498. The maximum atomic E-state index is 11.4. The molecule has 0 radical (unpaired) electrons. The van der Waals surface area contributed by atoms with Gasteiger partial charge in [-0.05, 0) is 42.0 Å². The van der Waals surface area contributed by atoms with Crippen molar-refractivity contribution < 1.29 is 9.90 Å². The van der Waals surface area contributed by atoms with Gasteiger partial charge in [-0.15, -0.1) is 0 Å². The number of carbonyl (C=O) groups is 1. The lowest BCUT2D eigenvalue weighted by molar-refractivity contribution is 0.144. The third-order valence-electron chi connectivity index (χ3n) is 7.11. The van der Waals surface area contributed by atoms with E-state index >= 15 is 0 Å². The summed E-state index contributed by atoms with van der Waals surface area (Å²) in [6, 6.07) is 30.7. The fourth-order valence-corrected chi connectivity index (χ4v) is 5.73. The lowest BCUT2D eigenvalue weighted by Gasteiger charge is -2.42. The summed E-state index contributed by atoms with van der Waals surface area (Å²) in [7, 11) is 0. The number of amides is 1. The normalized spacial score (nSPS) is 14.1. The van der Waals surface area contributed by atoms with Gasteiger partial charge in [0, 0.05) is 28.5 Å². The lowest BCUT2D eigenvalue weighted by Crippen LogP contribution is -2.50. The molecule has 0 aliphatic heterocycles. The number of nitrogens with one attached hydrogen (secondary N) is 1. The standard InChI is InChI=1S/C31H26N4O2S/c36-30(37)35-31(16-7-17-31)25-14-12-23(13-15-25)27-26(22-10-5-2-6-11-22)18-24-19-32-29(34-28(24)33-27)38-20-21-8-3-1-4-9-21/h1-6,8-15,18-19,35H,7,16-17,20H2,(H,36,37). The van der Waals surface area contributed by atoms with Crippen molar-refractivity contribution in [3.05, 3.63) is 108 Å². The number of hydrogen-bond donors (Lipinski definition) is 2. The molecule has 1 fully saturated rings. The predicted molar refractivity (Wildman–Crippen MR) is 151 cm³/mol. The molecule has 2 N–H and O–H groups in total. The molecule has 0 bridgehead atoms. The Kier molecular flexibility index (Phi) is 6.52. The molecule has 6 nitrogen and oxygen atoms in total. The van der Waals surface area contributed by atoms with Gasteiger partial charge in [0.25, 0.3) is 0 Å². The molecule has 2 heterocycles. The molecular weight excluding hydrogens is 492 g/mol. The van der Waals surface area contributed by atoms with Crippen LogP contribution < -0.4 is 5.32 Å². The van der Waals surface area contributed by atoms with Crippen LogP contribution in [-0.4, -0.2) is 26.2 Å². The van der Waals surface area contributed by atoms with Crippen LogP contribution in [0.15, 0.2) is 102 Å². The van der Waals surface area contributed by atoms with Gasteiger partial charge in [-0.1, -0.05) is 96.7 Å². The molecule has 2 aromatic heterocycles. The van der Waals surface area contributed by atoms with Crippen LogP contribution in [0.2, 0.25) is 0 Å². The van der Waals surface area contributed by atoms with Crippen LogP contribution in [0.3, 0.4) is 0 Å². The van der Waals surface area contributed by atoms with Gasteiger partial charge in [0.05, 0.1) is 11.2 Å². The number of rotatable bonds is 7. The first-order valence-corrected chi connectivity index (χ1v) is 13.6. The quantitative estimate of drug-likeness (QED) is 0.174. The van der Waals surface area contributed by atoms with Gasteiger partial charge in [-0.3, -0.25) is 0 Å². The van der Waals surface area contributed by atoms with Gasteiger partial charge in [0.15, 0.2) is 10.8 Å². The van der Waals surface area contributed by atoms with Gasteiger partial charge in [0.1, 0.15) is 0 Å². The fourth-order valence-electron chi connectivity index (χ4n) is 4.97. The van der Waals surface area contributed by atoms with Crippen molar-refractivity contribution in [3.63, 3.8) is 0 Å². The van der Waals surface area contributed by atoms with Crippen molar-refractivity contribution in [2.75, 3.05) is 0 Å². The number of hydrogen-bond acceptors (Lipinski definition) is 5. The lowest BCUT2D eigenvalue weighted by atomic mass is 9.71. The van der Waals surface area contributed by atoms with Crippen molar-refractivity contribution in [1.82, 2.24) is 20.3 Å². The molecule has 0 unspecified atom stereocenters. The molecule has 6 rings (SSSR count). The summed E-state index contributed by atoms with van der Waals surface area (Å²) in [4.78, 5) is 25.8. The fraction of sp³-hybridized carbons (Fsp3) is 0.161. The van der Waals surface area contributed by atoms with Crippen LogP contribution in [0.4, 0.5) is 4.79 Å².